The second kappa shape index (κ2) is 6.30. The lowest BCUT2D eigenvalue weighted by Crippen LogP contribution is -2.03. The van der Waals surface area contributed by atoms with Crippen LogP contribution >= 0.6 is 22.6 Å². The minimum Gasteiger partial charge on any atom is -0.494 e. The van der Waals surface area contributed by atoms with E-state index < -0.39 is 0 Å². The van der Waals surface area contributed by atoms with Crippen molar-refractivity contribution in [2.75, 3.05) is 12.4 Å². The average Bonchev–Trinajstić information content (AvgIpc) is 2.53. The van der Waals surface area contributed by atoms with Crippen molar-refractivity contribution in [3.8, 4) is 5.75 Å². The summed E-state index contributed by atoms with van der Waals surface area (Å²) < 4.78 is 6.58. The van der Waals surface area contributed by atoms with Gasteiger partial charge in [-0.15, -0.1) is 0 Å². The summed E-state index contributed by atoms with van der Waals surface area (Å²) in [6.07, 6.45) is 0. The molecule has 3 nitrogen and oxygen atoms in total. The molecule has 106 valence electrons. The number of nitrogens with zero attached hydrogens (tertiary/aromatic N) is 1. The SMILES string of the molecule is COc1cccc2ccc(CNc3ccccc3I)nc12. The van der Waals surface area contributed by atoms with Crippen LogP contribution in [0.4, 0.5) is 5.69 Å². The van der Waals surface area contributed by atoms with Crippen LogP contribution in [0.15, 0.2) is 54.6 Å². The number of hydrogen-bond acceptors (Lipinski definition) is 3. The number of para-hydroxylation sites is 2. The first kappa shape index (κ1) is 14.1. The molecule has 3 aromatic rings. The van der Waals surface area contributed by atoms with E-state index in [1.54, 1.807) is 7.11 Å². The van der Waals surface area contributed by atoms with E-state index in [1.807, 2.05) is 36.4 Å². The van der Waals surface area contributed by atoms with Gasteiger partial charge < -0.3 is 10.1 Å². The number of nitrogens with one attached hydrogen (secondary N) is 1. The first-order valence-electron chi connectivity index (χ1n) is 6.69. The van der Waals surface area contributed by atoms with E-state index >= 15 is 0 Å². The highest BCUT2D eigenvalue weighted by Crippen LogP contribution is 2.24. The van der Waals surface area contributed by atoms with Gasteiger partial charge in [-0.05, 0) is 46.9 Å². The summed E-state index contributed by atoms with van der Waals surface area (Å²) in [5.74, 6) is 0.809. The number of pyridine rings is 1. The van der Waals surface area contributed by atoms with Crippen LogP contribution in [0.25, 0.3) is 10.9 Å². The number of anilines is 1. The number of methoxy groups -OCH3 is 1. The summed E-state index contributed by atoms with van der Waals surface area (Å²) in [6.45, 7) is 0.688. The third-order valence-corrected chi connectivity index (χ3v) is 4.24. The molecule has 0 amide bonds. The third kappa shape index (κ3) is 3.10. The monoisotopic (exact) mass is 390 g/mol. The maximum Gasteiger partial charge on any atom is 0.145 e. The highest BCUT2D eigenvalue weighted by atomic mass is 127. The molecular formula is C17H15IN2O. The van der Waals surface area contributed by atoms with E-state index in [1.165, 1.54) is 3.57 Å². The van der Waals surface area contributed by atoms with Crippen molar-refractivity contribution in [2.45, 2.75) is 6.54 Å². The van der Waals surface area contributed by atoms with Crippen molar-refractivity contribution < 1.29 is 4.74 Å². The molecule has 0 saturated carbocycles. The summed E-state index contributed by atoms with van der Waals surface area (Å²) in [6, 6.07) is 18.3. The summed E-state index contributed by atoms with van der Waals surface area (Å²) in [7, 11) is 1.67. The minimum absolute atomic E-state index is 0.688. The molecule has 0 saturated heterocycles. The number of hydrogen-bond donors (Lipinski definition) is 1. The number of fused-ring (bicyclic) bond motifs is 1. The zero-order chi connectivity index (χ0) is 14.7. The first-order valence-corrected chi connectivity index (χ1v) is 7.77. The molecule has 0 unspecified atom stereocenters. The fourth-order valence-corrected chi connectivity index (χ4v) is 2.79. The Kier molecular flexibility index (Phi) is 4.24. The van der Waals surface area contributed by atoms with Gasteiger partial charge in [0.15, 0.2) is 0 Å². The van der Waals surface area contributed by atoms with Crippen LogP contribution in [0.5, 0.6) is 5.75 Å². The molecular weight excluding hydrogens is 375 g/mol. The van der Waals surface area contributed by atoms with E-state index in [4.69, 9.17) is 9.72 Å². The maximum absolute atomic E-state index is 5.38. The first-order chi connectivity index (χ1) is 10.3. The van der Waals surface area contributed by atoms with Crippen LogP contribution in [-0.2, 0) is 6.54 Å². The van der Waals surface area contributed by atoms with Gasteiger partial charge in [-0.3, -0.25) is 0 Å². The summed E-state index contributed by atoms with van der Waals surface area (Å²) in [5.41, 5.74) is 3.02. The smallest absolute Gasteiger partial charge is 0.145 e. The van der Waals surface area contributed by atoms with Crippen molar-refractivity contribution in [2.24, 2.45) is 0 Å². The third-order valence-electron chi connectivity index (χ3n) is 3.29. The van der Waals surface area contributed by atoms with Gasteiger partial charge in [0.1, 0.15) is 11.3 Å². The number of rotatable bonds is 4. The zero-order valence-electron chi connectivity index (χ0n) is 11.6. The molecule has 1 aromatic heterocycles. The van der Waals surface area contributed by atoms with Crippen molar-refractivity contribution in [3.63, 3.8) is 0 Å². The zero-order valence-corrected chi connectivity index (χ0v) is 13.8. The fraction of sp³-hybridized carbons (Fsp3) is 0.118. The van der Waals surface area contributed by atoms with E-state index in [-0.39, 0.29) is 0 Å². The minimum atomic E-state index is 0.688. The highest BCUT2D eigenvalue weighted by Gasteiger charge is 2.04. The lowest BCUT2D eigenvalue weighted by Gasteiger charge is -2.10. The molecule has 0 radical (unpaired) electrons. The van der Waals surface area contributed by atoms with Crippen LogP contribution in [0.3, 0.4) is 0 Å². The van der Waals surface area contributed by atoms with Crippen LogP contribution in [0.1, 0.15) is 5.69 Å². The van der Waals surface area contributed by atoms with Crippen molar-refractivity contribution in [3.05, 3.63) is 63.9 Å². The molecule has 21 heavy (non-hydrogen) atoms. The van der Waals surface area contributed by atoms with Crippen molar-refractivity contribution in [1.29, 1.82) is 0 Å². The van der Waals surface area contributed by atoms with Crippen LogP contribution < -0.4 is 10.1 Å². The Bertz CT molecular complexity index is 774. The van der Waals surface area contributed by atoms with Gasteiger partial charge in [-0.25, -0.2) is 4.98 Å². The lowest BCUT2D eigenvalue weighted by atomic mass is 10.2. The van der Waals surface area contributed by atoms with Gasteiger partial charge in [0.25, 0.3) is 0 Å². The molecule has 0 aliphatic rings. The standard InChI is InChI=1S/C17H15IN2O/c1-21-16-8-4-5-12-9-10-13(20-17(12)16)11-19-15-7-3-2-6-14(15)18/h2-10,19H,11H2,1H3. The van der Waals surface area contributed by atoms with Gasteiger partial charge in [-0.2, -0.15) is 0 Å². The second-order valence-electron chi connectivity index (χ2n) is 4.67. The Hall–Kier alpha value is -1.82. The topological polar surface area (TPSA) is 34.1 Å². The Balaban J connectivity index is 1.86. The summed E-state index contributed by atoms with van der Waals surface area (Å²) in [4.78, 5) is 4.70. The number of aromatic nitrogens is 1. The van der Waals surface area contributed by atoms with Crippen LogP contribution in [0.2, 0.25) is 0 Å². The number of benzene rings is 2. The average molecular weight is 390 g/mol. The molecule has 0 fully saturated rings. The van der Waals surface area contributed by atoms with Crippen LogP contribution in [0, 0.1) is 3.57 Å². The highest BCUT2D eigenvalue weighted by molar-refractivity contribution is 14.1. The molecule has 0 spiro atoms. The fourth-order valence-electron chi connectivity index (χ4n) is 2.21. The van der Waals surface area contributed by atoms with E-state index in [0.29, 0.717) is 6.54 Å². The molecule has 0 atom stereocenters. The molecule has 0 aliphatic carbocycles. The Morgan fingerprint density at radius 2 is 1.90 bits per heavy atom. The Morgan fingerprint density at radius 3 is 2.71 bits per heavy atom. The maximum atomic E-state index is 5.38. The van der Waals surface area contributed by atoms with Gasteiger partial charge >= 0.3 is 0 Å². The molecule has 2 aromatic carbocycles. The molecule has 3 rings (SSSR count). The Labute approximate surface area is 137 Å². The van der Waals surface area contributed by atoms with E-state index in [2.05, 4.69) is 46.1 Å². The summed E-state index contributed by atoms with van der Waals surface area (Å²) in [5, 5.41) is 4.51. The molecule has 0 bridgehead atoms. The molecule has 1 N–H and O–H groups in total. The lowest BCUT2D eigenvalue weighted by molar-refractivity contribution is 0.419. The van der Waals surface area contributed by atoms with Gasteiger partial charge in [0.05, 0.1) is 19.3 Å². The molecule has 1 heterocycles. The van der Waals surface area contributed by atoms with E-state index in [9.17, 15) is 0 Å². The molecule has 0 aliphatic heterocycles. The predicted molar refractivity (Wildman–Crippen MR) is 94.8 cm³/mol. The Morgan fingerprint density at radius 1 is 1.05 bits per heavy atom. The second-order valence-corrected chi connectivity index (χ2v) is 5.83. The predicted octanol–water partition coefficient (Wildman–Crippen LogP) is 4.46. The normalized spacial score (nSPS) is 10.6. The number of halogens is 1. The largest absolute Gasteiger partial charge is 0.494 e. The quantitative estimate of drug-likeness (QED) is 0.668. The van der Waals surface area contributed by atoms with Crippen LogP contribution in [-0.4, -0.2) is 12.1 Å². The molecule has 4 heteroatoms. The van der Waals surface area contributed by atoms with Crippen molar-refractivity contribution in [1.82, 2.24) is 4.98 Å². The van der Waals surface area contributed by atoms with Gasteiger partial charge in [0.2, 0.25) is 0 Å². The number of ether oxygens (including phenoxy) is 1. The van der Waals surface area contributed by atoms with Gasteiger partial charge in [-0.1, -0.05) is 30.3 Å². The van der Waals surface area contributed by atoms with E-state index in [0.717, 1.165) is 28.0 Å². The summed E-state index contributed by atoms with van der Waals surface area (Å²) >= 11 is 2.33. The van der Waals surface area contributed by atoms with Gasteiger partial charge in [0, 0.05) is 14.6 Å². The van der Waals surface area contributed by atoms with Crippen molar-refractivity contribution >= 4 is 39.2 Å².